The maximum absolute atomic E-state index is 5.64. The van der Waals surface area contributed by atoms with Crippen molar-refractivity contribution in [3.63, 3.8) is 0 Å². The van der Waals surface area contributed by atoms with Gasteiger partial charge in [0.05, 0.1) is 19.3 Å². The molecule has 2 rings (SSSR count). The second kappa shape index (κ2) is 5.18. The van der Waals surface area contributed by atoms with Gasteiger partial charge in [-0.3, -0.25) is 0 Å². The normalized spacial score (nSPS) is 16.2. The van der Waals surface area contributed by atoms with Crippen molar-refractivity contribution in [1.29, 1.82) is 0 Å². The zero-order chi connectivity index (χ0) is 11.4. The van der Waals surface area contributed by atoms with Crippen LogP contribution < -0.4 is 10.6 Å². The molecule has 4 heteroatoms. The second-order valence-corrected chi connectivity index (χ2v) is 3.98. The lowest BCUT2D eigenvalue weighted by Gasteiger charge is -2.40. The van der Waals surface area contributed by atoms with E-state index >= 15 is 0 Å². The molecule has 0 aliphatic carbocycles. The fourth-order valence-corrected chi connectivity index (χ4v) is 1.74. The van der Waals surface area contributed by atoms with Gasteiger partial charge in [-0.25, -0.2) is 0 Å². The first-order valence-electron chi connectivity index (χ1n) is 5.50. The zero-order valence-electron chi connectivity index (χ0n) is 9.56. The van der Waals surface area contributed by atoms with Crippen LogP contribution in [0.2, 0.25) is 0 Å². The highest BCUT2D eigenvalue weighted by molar-refractivity contribution is 5.54. The summed E-state index contributed by atoms with van der Waals surface area (Å²) in [5, 5.41) is 0. The van der Waals surface area contributed by atoms with Crippen molar-refractivity contribution in [2.24, 2.45) is 0 Å². The van der Waals surface area contributed by atoms with Crippen molar-refractivity contribution in [1.82, 2.24) is 0 Å². The number of anilines is 2. The molecule has 0 spiro atoms. The van der Waals surface area contributed by atoms with Gasteiger partial charge in [0.2, 0.25) is 0 Å². The van der Waals surface area contributed by atoms with Crippen LogP contribution in [0.3, 0.4) is 0 Å². The lowest BCUT2D eigenvalue weighted by atomic mass is 10.1. The van der Waals surface area contributed by atoms with Crippen molar-refractivity contribution < 1.29 is 9.47 Å². The van der Waals surface area contributed by atoms with Crippen LogP contribution in [0.5, 0.6) is 0 Å². The molecule has 0 amide bonds. The summed E-state index contributed by atoms with van der Waals surface area (Å²) in [4.78, 5) is 2.27. The van der Waals surface area contributed by atoms with Gasteiger partial charge < -0.3 is 20.1 Å². The van der Waals surface area contributed by atoms with Crippen molar-refractivity contribution >= 4 is 11.4 Å². The molecule has 0 aromatic heterocycles. The van der Waals surface area contributed by atoms with Crippen LogP contribution >= 0.6 is 0 Å². The smallest absolute Gasteiger partial charge is 0.0925 e. The molecule has 0 radical (unpaired) electrons. The summed E-state index contributed by atoms with van der Waals surface area (Å²) in [6, 6.07) is 7.93. The van der Waals surface area contributed by atoms with Crippen LogP contribution in [0.25, 0.3) is 0 Å². The van der Waals surface area contributed by atoms with Crippen molar-refractivity contribution in [3.05, 3.63) is 24.3 Å². The Bertz CT molecular complexity index is 320. The van der Waals surface area contributed by atoms with Gasteiger partial charge in [-0.2, -0.15) is 0 Å². The fourth-order valence-electron chi connectivity index (χ4n) is 1.74. The van der Waals surface area contributed by atoms with E-state index < -0.39 is 0 Å². The molecule has 1 aromatic rings. The molecular weight excluding hydrogens is 204 g/mol. The lowest BCUT2D eigenvalue weighted by Crippen LogP contribution is -2.52. The van der Waals surface area contributed by atoms with Gasteiger partial charge in [0.1, 0.15) is 0 Å². The Morgan fingerprint density at radius 2 is 1.94 bits per heavy atom. The summed E-state index contributed by atoms with van der Waals surface area (Å²) < 4.78 is 10.5. The van der Waals surface area contributed by atoms with Gasteiger partial charge in [-0.05, 0) is 24.3 Å². The fraction of sp³-hybridized carbons (Fsp3) is 0.500. The summed E-state index contributed by atoms with van der Waals surface area (Å²) in [7, 11) is 1.69. The van der Waals surface area contributed by atoms with Gasteiger partial charge in [-0.1, -0.05) is 0 Å². The molecule has 1 aliphatic heterocycles. The van der Waals surface area contributed by atoms with Crippen LogP contribution in [0, 0.1) is 0 Å². The number of methoxy groups -OCH3 is 1. The molecule has 16 heavy (non-hydrogen) atoms. The Morgan fingerprint density at radius 3 is 2.56 bits per heavy atom. The predicted octanol–water partition coefficient (Wildman–Crippen LogP) is 1.12. The minimum Gasteiger partial charge on any atom is -0.399 e. The third-order valence-corrected chi connectivity index (χ3v) is 2.75. The van der Waals surface area contributed by atoms with E-state index in [-0.39, 0.29) is 0 Å². The Morgan fingerprint density at radius 1 is 1.25 bits per heavy atom. The first-order valence-corrected chi connectivity index (χ1v) is 5.50. The number of benzene rings is 1. The standard InChI is InChI=1S/C12H18N2O2/c1-15-6-7-16-12-8-14(9-12)11-4-2-10(13)3-5-11/h2-5,12H,6-9,13H2,1H3. The molecular formula is C12H18N2O2. The summed E-state index contributed by atoms with van der Waals surface area (Å²) >= 11 is 0. The van der Waals surface area contributed by atoms with Gasteiger partial charge in [-0.15, -0.1) is 0 Å². The summed E-state index contributed by atoms with van der Waals surface area (Å²) in [6.07, 6.45) is 0.340. The van der Waals surface area contributed by atoms with E-state index in [0.29, 0.717) is 19.3 Å². The van der Waals surface area contributed by atoms with E-state index in [1.807, 2.05) is 24.3 Å². The highest BCUT2D eigenvalue weighted by Crippen LogP contribution is 2.23. The van der Waals surface area contributed by atoms with Crippen molar-refractivity contribution in [2.45, 2.75) is 6.10 Å². The number of nitrogen functional groups attached to an aromatic ring is 1. The molecule has 0 saturated carbocycles. The number of hydrogen-bond donors (Lipinski definition) is 1. The number of nitrogens with two attached hydrogens (primary N) is 1. The largest absolute Gasteiger partial charge is 0.399 e. The minimum absolute atomic E-state index is 0.340. The lowest BCUT2D eigenvalue weighted by molar-refractivity contribution is 0.00400. The molecule has 88 valence electrons. The van der Waals surface area contributed by atoms with Gasteiger partial charge in [0, 0.05) is 31.6 Å². The van der Waals surface area contributed by atoms with E-state index in [1.165, 1.54) is 5.69 Å². The molecule has 1 saturated heterocycles. The third kappa shape index (κ3) is 2.65. The Hall–Kier alpha value is -1.26. The molecule has 1 heterocycles. The maximum atomic E-state index is 5.64. The van der Waals surface area contributed by atoms with Crippen molar-refractivity contribution in [2.75, 3.05) is 44.0 Å². The van der Waals surface area contributed by atoms with E-state index in [4.69, 9.17) is 15.2 Å². The van der Waals surface area contributed by atoms with Crippen LogP contribution in [0.4, 0.5) is 11.4 Å². The Labute approximate surface area is 95.9 Å². The highest BCUT2D eigenvalue weighted by Gasteiger charge is 2.27. The number of ether oxygens (including phenoxy) is 2. The first-order chi connectivity index (χ1) is 7.79. The van der Waals surface area contributed by atoms with Crippen LogP contribution in [-0.4, -0.2) is 39.5 Å². The van der Waals surface area contributed by atoms with Crippen molar-refractivity contribution in [3.8, 4) is 0 Å². The maximum Gasteiger partial charge on any atom is 0.0925 e. The van der Waals surface area contributed by atoms with Crippen LogP contribution in [-0.2, 0) is 9.47 Å². The average molecular weight is 222 g/mol. The summed E-state index contributed by atoms with van der Waals surface area (Å²) in [5.74, 6) is 0. The molecule has 0 atom stereocenters. The monoisotopic (exact) mass is 222 g/mol. The Kier molecular flexibility index (Phi) is 3.64. The van der Waals surface area contributed by atoms with E-state index in [0.717, 1.165) is 18.8 Å². The number of nitrogens with zero attached hydrogens (tertiary/aromatic N) is 1. The van der Waals surface area contributed by atoms with E-state index in [2.05, 4.69) is 4.90 Å². The number of rotatable bonds is 5. The van der Waals surface area contributed by atoms with Gasteiger partial charge >= 0.3 is 0 Å². The highest BCUT2D eigenvalue weighted by atomic mass is 16.5. The molecule has 1 aromatic carbocycles. The van der Waals surface area contributed by atoms with E-state index in [1.54, 1.807) is 7.11 Å². The zero-order valence-corrected chi connectivity index (χ0v) is 9.56. The molecule has 1 aliphatic rings. The summed E-state index contributed by atoms with van der Waals surface area (Å²) in [6.45, 7) is 3.25. The molecule has 0 bridgehead atoms. The SMILES string of the molecule is COCCOC1CN(c2ccc(N)cc2)C1. The molecule has 2 N–H and O–H groups in total. The average Bonchev–Trinajstić information content (AvgIpc) is 2.23. The minimum atomic E-state index is 0.340. The first kappa shape index (κ1) is 11.2. The van der Waals surface area contributed by atoms with Crippen LogP contribution in [0.15, 0.2) is 24.3 Å². The quantitative estimate of drug-likeness (QED) is 0.599. The summed E-state index contributed by atoms with van der Waals surface area (Å²) in [5.41, 5.74) is 7.65. The molecule has 1 fully saturated rings. The Balaban J connectivity index is 1.73. The molecule has 4 nitrogen and oxygen atoms in total. The van der Waals surface area contributed by atoms with Gasteiger partial charge in [0.25, 0.3) is 0 Å². The van der Waals surface area contributed by atoms with E-state index in [9.17, 15) is 0 Å². The third-order valence-electron chi connectivity index (χ3n) is 2.75. The van der Waals surface area contributed by atoms with Crippen LogP contribution in [0.1, 0.15) is 0 Å². The van der Waals surface area contributed by atoms with Gasteiger partial charge in [0.15, 0.2) is 0 Å². The predicted molar refractivity (Wildman–Crippen MR) is 64.7 cm³/mol. The molecule has 0 unspecified atom stereocenters. The number of hydrogen-bond acceptors (Lipinski definition) is 4. The topological polar surface area (TPSA) is 47.7 Å². The second-order valence-electron chi connectivity index (χ2n) is 3.98.